The minimum atomic E-state index is 0.0347. The van der Waals surface area contributed by atoms with Crippen LogP contribution in [0.3, 0.4) is 0 Å². The third-order valence-electron chi connectivity index (χ3n) is 6.69. The first kappa shape index (κ1) is 27.5. The van der Waals surface area contributed by atoms with Crippen LogP contribution < -0.4 is 15.8 Å². The number of nitrogens with two attached hydrogens (primary N) is 1. The van der Waals surface area contributed by atoms with E-state index < -0.39 is 0 Å². The zero-order valence-electron chi connectivity index (χ0n) is 21.9. The second kappa shape index (κ2) is 15.2. The smallest absolute Gasteiger partial charge is 0.199 e. The van der Waals surface area contributed by atoms with Gasteiger partial charge in [0.15, 0.2) is 5.96 Å². The number of likely N-dealkylation sites (tertiary alicyclic amines) is 1. The van der Waals surface area contributed by atoms with Gasteiger partial charge >= 0.3 is 0 Å². The van der Waals surface area contributed by atoms with Crippen LogP contribution in [0.2, 0.25) is 0 Å². The Kier molecular flexibility index (Phi) is 12.7. The highest BCUT2D eigenvalue weighted by Crippen LogP contribution is 2.22. The summed E-state index contributed by atoms with van der Waals surface area (Å²) < 4.78 is 5.96. The van der Waals surface area contributed by atoms with Gasteiger partial charge in [0.2, 0.25) is 0 Å². The lowest BCUT2D eigenvalue weighted by Crippen LogP contribution is -2.51. The summed E-state index contributed by atoms with van der Waals surface area (Å²) in [5, 5.41) is 3.61. The second-order valence-corrected chi connectivity index (χ2v) is 10.5. The minimum Gasteiger partial charge on any atom is -0.494 e. The van der Waals surface area contributed by atoms with Gasteiger partial charge in [-0.25, -0.2) is 4.99 Å². The van der Waals surface area contributed by atoms with Crippen molar-refractivity contribution in [2.75, 3.05) is 26.2 Å². The maximum atomic E-state index is 5.96. The van der Waals surface area contributed by atoms with E-state index in [0.717, 1.165) is 43.5 Å². The molecule has 1 aromatic rings. The number of rotatable bonds is 14. The zero-order valence-corrected chi connectivity index (χ0v) is 21.9. The van der Waals surface area contributed by atoms with Crippen molar-refractivity contribution in [1.82, 2.24) is 10.2 Å². The number of piperidine rings is 1. The highest BCUT2D eigenvalue weighted by Gasteiger charge is 2.24. The van der Waals surface area contributed by atoms with Gasteiger partial charge in [-0.2, -0.15) is 0 Å². The van der Waals surface area contributed by atoms with Crippen LogP contribution in [0.5, 0.6) is 5.75 Å². The van der Waals surface area contributed by atoms with Gasteiger partial charge in [-0.05, 0) is 68.8 Å². The molecule has 188 valence electrons. The van der Waals surface area contributed by atoms with E-state index in [-0.39, 0.29) is 5.41 Å². The van der Waals surface area contributed by atoms with Gasteiger partial charge in [-0.1, -0.05) is 65.7 Å². The number of benzene rings is 1. The molecule has 2 rings (SSSR count). The molecule has 0 saturated carbocycles. The molecule has 1 unspecified atom stereocenters. The molecule has 0 aliphatic carbocycles. The van der Waals surface area contributed by atoms with E-state index in [0.29, 0.717) is 12.6 Å². The fourth-order valence-electron chi connectivity index (χ4n) is 4.17. The maximum absolute atomic E-state index is 5.96. The molecule has 1 saturated heterocycles. The molecule has 3 N–H and O–H groups in total. The van der Waals surface area contributed by atoms with Crippen molar-refractivity contribution in [3.05, 3.63) is 24.3 Å². The van der Waals surface area contributed by atoms with Crippen molar-refractivity contribution in [2.45, 2.75) is 104 Å². The lowest BCUT2D eigenvalue weighted by molar-refractivity contribution is 0.246. The summed E-state index contributed by atoms with van der Waals surface area (Å²) in [7, 11) is 0. The van der Waals surface area contributed by atoms with E-state index in [1.54, 1.807) is 0 Å². The van der Waals surface area contributed by atoms with Crippen LogP contribution in [0, 0.1) is 5.41 Å². The average molecular weight is 459 g/mol. The van der Waals surface area contributed by atoms with E-state index >= 15 is 0 Å². The summed E-state index contributed by atoms with van der Waals surface area (Å²) in [6, 6.07) is 8.72. The van der Waals surface area contributed by atoms with Crippen molar-refractivity contribution in [1.29, 1.82) is 0 Å². The van der Waals surface area contributed by atoms with Crippen molar-refractivity contribution < 1.29 is 4.74 Å². The van der Waals surface area contributed by atoms with E-state index in [9.17, 15) is 0 Å². The van der Waals surface area contributed by atoms with Gasteiger partial charge in [-0.3, -0.25) is 0 Å². The molecular formula is C28H50N4O. The highest BCUT2D eigenvalue weighted by molar-refractivity contribution is 5.83. The number of hydrogen-bond donors (Lipinski definition) is 2. The number of ether oxygens (including phenoxy) is 1. The second-order valence-electron chi connectivity index (χ2n) is 10.5. The molecule has 1 atom stereocenters. The Morgan fingerprint density at radius 1 is 1.06 bits per heavy atom. The molecule has 1 aliphatic rings. The van der Waals surface area contributed by atoms with Gasteiger partial charge in [-0.15, -0.1) is 0 Å². The standard InChI is InChI=1S/C28H50N4O/c1-5-6-7-8-9-10-11-14-21-33-26-18-16-25(17-19-26)31-27(30-23-28(3,4)22-29)32-20-13-12-15-24(32)2/h16-19,24H,5-15,20-23,29H2,1-4H3,(H,30,31). The van der Waals surface area contributed by atoms with E-state index in [1.165, 1.54) is 64.2 Å². The molecule has 0 aromatic heterocycles. The van der Waals surface area contributed by atoms with Crippen molar-refractivity contribution in [3.8, 4) is 5.75 Å². The number of aliphatic imine (C=N–C) groups is 1. The van der Waals surface area contributed by atoms with E-state index in [2.05, 4.69) is 50.0 Å². The molecule has 5 nitrogen and oxygen atoms in total. The molecule has 0 spiro atoms. The fraction of sp³-hybridized carbons (Fsp3) is 0.750. The zero-order chi connectivity index (χ0) is 23.9. The highest BCUT2D eigenvalue weighted by atomic mass is 16.5. The molecule has 33 heavy (non-hydrogen) atoms. The normalized spacial score (nSPS) is 17.3. The summed E-state index contributed by atoms with van der Waals surface area (Å²) in [5.41, 5.74) is 6.94. The molecule has 1 aliphatic heterocycles. The van der Waals surface area contributed by atoms with Gasteiger partial charge in [0.1, 0.15) is 5.75 Å². The lowest BCUT2D eigenvalue weighted by atomic mass is 9.94. The largest absolute Gasteiger partial charge is 0.494 e. The first-order chi connectivity index (χ1) is 15.9. The van der Waals surface area contributed by atoms with Crippen LogP contribution in [0.15, 0.2) is 29.3 Å². The Bertz CT molecular complexity index is 671. The van der Waals surface area contributed by atoms with Crippen molar-refractivity contribution in [2.24, 2.45) is 16.1 Å². The van der Waals surface area contributed by atoms with Crippen LogP contribution in [0.4, 0.5) is 5.69 Å². The minimum absolute atomic E-state index is 0.0347. The van der Waals surface area contributed by atoms with Gasteiger partial charge in [0.05, 0.1) is 12.3 Å². The fourth-order valence-corrected chi connectivity index (χ4v) is 4.17. The Morgan fingerprint density at radius 2 is 1.73 bits per heavy atom. The summed E-state index contributed by atoms with van der Waals surface area (Å²) in [6.07, 6.45) is 14.3. The van der Waals surface area contributed by atoms with Gasteiger partial charge in [0, 0.05) is 19.1 Å². The number of hydrogen-bond acceptors (Lipinski definition) is 3. The van der Waals surface area contributed by atoms with Crippen LogP contribution in [0.1, 0.15) is 98.3 Å². The summed E-state index contributed by atoms with van der Waals surface area (Å²) in [5.74, 6) is 1.90. The first-order valence-corrected chi connectivity index (χ1v) is 13.5. The quantitative estimate of drug-likeness (QED) is 0.186. The van der Waals surface area contributed by atoms with Crippen LogP contribution in [-0.4, -0.2) is 43.1 Å². The monoisotopic (exact) mass is 458 g/mol. The molecule has 0 amide bonds. The van der Waals surface area contributed by atoms with Crippen LogP contribution >= 0.6 is 0 Å². The Morgan fingerprint density at radius 3 is 2.36 bits per heavy atom. The number of nitrogens with one attached hydrogen (secondary N) is 1. The molecule has 1 fully saturated rings. The predicted molar refractivity (Wildman–Crippen MR) is 142 cm³/mol. The SMILES string of the molecule is CCCCCCCCCCOc1ccc(/N=C(/NCC(C)(C)CN)N2CCCCC2C)cc1. The molecule has 5 heteroatoms. The van der Waals surface area contributed by atoms with Gasteiger partial charge in [0.25, 0.3) is 0 Å². The Labute approximate surface area is 203 Å². The third kappa shape index (κ3) is 10.8. The Balaban J connectivity index is 1.86. The third-order valence-corrected chi connectivity index (χ3v) is 6.69. The molecule has 1 aromatic carbocycles. The lowest BCUT2D eigenvalue weighted by Gasteiger charge is -2.37. The molecule has 1 heterocycles. The predicted octanol–water partition coefficient (Wildman–Crippen LogP) is 6.64. The number of guanidine groups is 1. The molecule has 0 radical (unpaired) electrons. The number of nitrogens with zero attached hydrogens (tertiary/aromatic N) is 2. The van der Waals surface area contributed by atoms with E-state index in [1.807, 2.05) is 12.1 Å². The van der Waals surface area contributed by atoms with Crippen LogP contribution in [0.25, 0.3) is 0 Å². The molecule has 0 bridgehead atoms. The summed E-state index contributed by atoms with van der Waals surface area (Å²) in [4.78, 5) is 7.42. The molecular weight excluding hydrogens is 408 g/mol. The van der Waals surface area contributed by atoms with Gasteiger partial charge < -0.3 is 20.7 Å². The van der Waals surface area contributed by atoms with E-state index in [4.69, 9.17) is 15.5 Å². The first-order valence-electron chi connectivity index (χ1n) is 13.5. The Hall–Kier alpha value is -1.75. The summed E-state index contributed by atoms with van der Waals surface area (Å²) >= 11 is 0. The van der Waals surface area contributed by atoms with Crippen LogP contribution in [-0.2, 0) is 0 Å². The number of unbranched alkanes of at least 4 members (excludes halogenated alkanes) is 7. The summed E-state index contributed by atoms with van der Waals surface area (Å²) in [6.45, 7) is 12.3. The van der Waals surface area contributed by atoms with Crippen molar-refractivity contribution >= 4 is 11.6 Å². The average Bonchev–Trinajstić information content (AvgIpc) is 2.82. The topological polar surface area (TPSA) is 62.9 Å². The maximum Gasteiger partial charge on any atom is 0.199 e. The van der Waals surface area contributed by atoms with Crippen molar-refractivity contribution in [3.63, 3.8) is 0 Å².